The summed E-state index contributed by atoms with van der Waals surface area (Å²) in [5.74, 6) is 1.32. The van der Waals surface area contributed by atoms with Gasteiger partial charge in [0.15, 0.2) is 5.78 Å². The van der Waals surface area contributed by atoms with Crippen molar-refractivity contribution in [2.75, 3.05) is 14.1 Å². The molecular weight excluding hydrogens is 376 g/mol. The molecule has 4 rings (SSSR count). The van der Waals surface area contributed by atoms with Crippen molar-refractivity contribution in [3.05, 3.63) is 82.8 Å². The number of para-hydroxylation sites is 1. The number of ketones is 1. The number of carbonyl (C=O) groups is 1. The summed E-state index contributed by atoms with van der Waals surface area (Å²) in [6.07, 6.45) is 2.01. The fourth-order valence-electron chi connectivity index (χ4n) is 4.24. The van der Waals surface area contributed by atoms with Crippen molar-refractivity contribution >= 4 is 5.78 Å². The van der Waals surface area contributed by atoms with Gasteiger partial charge in [0.2, 0.25) is 0 Å². The molecule has 1 atom stereocenters. The highest BCUT2D eigenvalue weighted by atomic mass is 16.5. The van der Waals surface area contributed by atoms with E-state index in [1.54, 1.807) is 5.01 Å². The van der Waals surface area contributed by atoms with Gasteiger partial charge in [0.1, 0.15) is 17.3 Å². The van der Waals surface area contributed by atoms with Gasteiger partial charge >= 0.3 is 0 Å². The van der Waals surface area contributed by atoms with Gasteiger partial charge in [-0.15, -0.1) is 0 Å². The van der Waals surface area contributed by atoms with Crippen molar-refractivity contribution in [1.29, 1.82) is 5.26 Å². The predicted octanol–water partition coefficient (Wildman–Crippen LogP) is 4.06. The predicted molar refractivity (Wildman–Crippen MR) is 114 cm³/mol. The Morgan fingerprint density at radius 1 is 1.10 bits per heavy atom. The maximum Gasteiger partial charge on any atom is 0.161 e. The molecule has 1 aliphatic heterocycles. The van der Waals surface area contributed by atoms with Gasteiger partial charge < -0.3 is 10.5 Å². The Morgan fingerprint density at radius 2 is 1.83 bits per heavy atom. The number of allylic oxidation sites excluding steroid dienone is 3. The number of Topliss-reactive ketones (excluding diaryl/α,β-unsaturated/α-hetero) is 1. The second kappa shape index (κ2) is 8.05. The number of carbonyl (C=O) groups excluding carboxylic acids is 1. The highest BCUT2D eigenvalue weighted by molar-refractivity contribution is 5.99. The van der Waals surface area contributed by atoms with Crippen LogP contribution in [0.4, 0.5) is 0 Å². The van der Waals surface area contributed by atoms with E-state index in [2.05, 4.69) is 6.07 Å². The lowest BCUT2D eigenvalue weighted by Crippen LogP contribution is -2.45. The van der Waals surface area contributed by atoms with E-state index < -0.39 is 5.92 Å². The van der Waals surface area contributed by atoms with Crippen LogP contribution in [0.1, 0.15) is 30.7 Å². The van der Waals surface area contributed by atoms with Crippen LogP contribution in [0.15, 0.2) is 77.3 Å². The number of ether oxygens (including phenoxy) is 1. The first-order chi connectivity index (χ1) is 14.5. The maximum absolute atomic E-state index is 13.0. The second-order valence-electron chi connectivity index (χ2n) is 7.63. The lowest BCUT2D eigenvalue weighted by Gasteiger charge is -2.42. The molecule has 1 aliphatic carbocycles. The minimum Gasteiger partial charge on any atom is -0.457 e. The highest BCUT2D eigenvalue weighted by Crippen LogP contribution is 2.45. The molecule has 2 N–H and O–H groups in total. The van der Waals surface area contributed by atoms with E-state index in [0.717, 1.165) is 29.9 Å². The number of nitrogens with two attached hydrogens (primary N) is 1. The zero-order chi connectivity index (χ0) is 21.3. The third-order valence-electron chi connectivity index (χ3n) is 5.46. The molecule has 0 saturated carbocycles. The first-order valence-corrected chi connectivity index (χ1v) is 9.97. The van der Waals surface area contributed by atoms with Gasteiger partial charge in [-0.25, -0.2) is 5.01 Å². The molecule has 0 amide bonds. The number of nitrogens with zero attached hydrogens (tertiary/aromatic N) is 3. The van der Waals surface area contributed by atoms with Crippen LogP contribution in [0.25, 0.3) is 0 Å². The molecule has 0 aromatic heterocycles. The van der Waals surface area contributed by atoms with Crippen molar-refractivity contribution < 1.29 is 9.53 Å². The summed E-state index contributed by atoms with van der Waals surface area (Å²) < 4.78 is 5.98. The summed E-state index contributed by atoms with van der Waals surface area (Å²) in [6, 6.07) is 19.3. The molecule has 0 saturated heterocycles. The van der Waals surface area contributed by atoms with E-state index in [-0.39, 0.29) is 5.78 Å². The minimum absolute atomic E-state index is 0.0720. The molecule has 0 radical (unpaired) electrons. The van der Waals surface area contributed by atoms with Crippen LogP contribution < -0.4 is 10.5 Å². The molecule has 2 aromatic carbocycles. The van der Waals surface area contributed by atoms with Gasteiger partial charge in [0.05, 0.1) is 17.6 Å². The van der Waals surface area contributed by atoms with Crippen molar-refractivity contribution in [3.63, 3.8) is 0 Å². The molecule has 0 fully saturated rings. The lowest BCUT2D eigenvalue weighted by atomic mass is 9.76. The molecule has 6 nitrogen and oxygen atoms in total. The van der Waals surface area contributed by atoms with Crippen molar-refractivity contribution in [3.8, 4) is 17.6 Å². The molecule has 2 aromatic rings. The fourth-order valence-corrected chi connectivity index (χ4v) is 4.24. The number of hydrogen-bond donors (Lipinski definition) is 1. The van der Waals surface area contributed by atoms with Gasteiger partial charge in [-0.2, -0.15) is 5.26 Å². The highest BCUT2D eigenvalue weighted by Gasteiger charge is 2.40. The number of nitriles is 1. The Bertz CT molecular complexity index is 1080. The summed E-state index contributed by atoms with van der Waals surface area (Å²) in [5.41, 5.74) is 9.19. The van der Waals surface area contributed by atoms with Crippen molar-refractivity contribution in [1.82, 2.24) is 10.0 Å². The molecule has 1 heterocycles. The summed E-state index contributed by atoms with van der Waals surface area (Å²) in [6.45, 7) is 0. The zero-order valence-electron chi connectivity index (χ0n) is 17.1. The van der Waals surface area contributed by atoms with E-state index in [4.69, 9.17) is 10.5 Å². The Balaban J connectivity index is 1.82. The number of rotatable bonds is 4. The molecule has 0 bridgehead atoms. The van der Waals surface area contributed by atoms with E-state index in [9.17, 15) is 10.1 Å². The second-order valence-corrected chi connectivity index (χ2v) is 7.63. The van der Waals surface area contributed by atoms with Crippen LogP contribution in [-0.2, 0) is 4.79 Å². The SMILES string of the molecule is CN(C)N1C(N)=C(C#N)C(c2cccc(Oc3ccccc3)c2)C2=C1CCCC2=O. The van der Waals surface area contributed by atoms with Crippen LogP contribution in [0.2, 0.25) is 0 Å². The third-order valence-corrected chi connectivity index (χ3v) is 5.46. The third kappa shape index (κ3) is 3.44. The van der Waals surface area contributed by atoms with E-state index in [0.29, 0.717) is 29.1 Å². The van der Waals surface area contributed by atoms with Crippen LogP contribution in [0.5, 0.6) is 11.5 Å². The largest absolute Gasteiger partial charge is 0.457 e. The van der Waals surface area contributed by atoms with Gasteiger partial charge in [-0.1, -0.05) is 30.3 Å². The van der Waals surface area contributed by atoms with Gasteiger partial charge in [0.25, 0.3) is 0 Å². The average molecular weight is 400 g/mol. The van der Waals surface area contributed by atoms with E-state index in [1.807, 2.05) is 73.7 Å². The van der Waals surface area contributed by atoms with Crippen LogP contribution in [0, 0.1) is 11.3 Å². The van der Waals surface area contributed by atoms with Crippen LogP contribution in [-0.4, -0.2) is 29.9 Å². The van der Waals surface area contributed by atoms with Crippen LogP contribution >= 0.6 is 0 Å². The number of hydrogen-bond acceptors (Lipinski definition) is 6. The Kier molecular flexibility index (Phi) is 5.30. The monoisotopic (exact) mass is 400 g/mol. The van der Waals surface area contributed by atoms with Crippen molar-refractivity contribution in [2.24, 2.45) is 5.73 Å². The molecule has 6 heteroatoms. The van der Waals surface area contributed by atoms with Gasteiger partial charge in [-0.3, -0.25) is 9.80 Å². The number of hydrazine groups is 1. The molecule has 2 aliphatic rings. The summed E-state index contributed by atoms with van der Waals surface area (Å²) >= 11 is 0. The molecule has 152 valence electrons. The maximum atomic E-state index is 13.0. The van der Waals surface area contributed by atoms with Gasteiger partial charge in [-0.05, 0) is 42.7 Å². The Morgan fingerprint density at radius 3 is 2.53 bits per heavy atom. The molecule has 30 heavy (non-hydrogen) atoms. The normalized spacial score (nSPS) is 19.1. The Labute approximate surface area is 176 Å². The first kappa shape index (κ1) is 19.7. The quantitative estimate of drug-likeness (QED) is 0.834. The molecular formula is C24H24N4O2. The Hall–Kier alpha value is -3.56. The lowest BCUT2D eigenvalue weighted by molar-refractivity contribution is -0.116. The summed E-state index contributed by atoms with van der Waals surface area (Å²) in [5, 5.41) is 13.6. The van der Waals surface area contributed by atoms with Gasteiger partial charge in [0, 0.05) is 31.8 Å². The van der Waals surface area contributed by atoms with E-state index in [1.165, 1.54) is 0 Å². The minimum atomic E-state index is -0.492. The van der Waals surface area contributed by atoms with Crippen molar-refractivity contribution in [2.45, 2.75) is 25.2 Å². The number of benzene rings is 2. The molecule has 0 spiro atoms. The standard InChI is InChI=1S/C24H24N4O2/c1-27(2)28-20-12-7-13-21(29)23(20)22(19(15-25)24(28)26)16-8-6-11-18(14-16)30-17-9-4-3-5-10-17/h3-6,8-11,14,22H,7,12-13,26H2,1-2H3. The summed E-state index contributed by atoms with van der Waals surface area (Å²) in [7, 11) is 3.72. The molecule has 1 unspecified atom stereocenters. The summed E-state index contributed by atoms with van der Waals surface area (Å²) in [4.78, 5) is 13.0. The zero-order valence-corrected chi connectivity index (χ0v) is 17.1. The topological polar surface area (TPSA) is 82.6 Å². The first-order valence-electron chi connectivity index (χ1n) is 9.97. The van der Waals surface area contributed by atoms with E-state index >= 15 is 0 Å². The smallest absolute Gasteiger partial charge is 0.161 e. The average Bonchev–Trinajstić information content (AvgIpc) is 2.73. The van der Waals surface area contributed by atoms with Crippen LogP contribution in [0.3, 0.4) is 0 Å². The fraction of sp³-hybridized carbons (Fsp3) is 0.250.